The first-order valence-corrected chi connectivity index (χ1v) is 14.7. The van der Waals surface area contributed by atoms with E-state index in [4.69, 9.17) is 0 Å². The van der Waals surface area contributed by atoms with Gasteiger partial charge in [-0.15, -0.1) is 0 Å². The molecule has 11 atom stereocenters. The van der Waals surface area contributed by atoms with Crippen molar-refractivity contribution < 1.29 is 19.8 Å². The second kappa shape index (κ2) is 10.3. The van der Waals surface area contributed by atoms with Crippen LogP contribution in [-0.2, 0) is 9.59 Å². The van der Waals surface area contributed by atoms with Gasteiger partial charge in [0.2, 0.25) is 5.91 Å². The molecule has 3 N–H and O–H groups in total. The molecule has 4 saturated carbocycles. The number of rotatable bonds is 8. The normalized spacial score (nSPS) is 43.3. The zero-order valence-electron chi connectivity index (χ0n) is 22.9. The lowest BCUT2D eigenvalue weighted by molar-refractivity contribution is -0.143. The van der Waals surface area contributed by atoms with E-state index in [1.54, 1.807) is 0 Å². The third-order valence-corrected chi connectivity index (χ3v) is 12.0. The number of carboxylic acid groups (broad SMARTS) is 1. The molecule has 5 nitrogen and oxygen atoms in total. The maximum atomic E-state index is 12.6. The zero-order valence-corrected chi connectivity index (χ0v) is 22.9. The van der Waals surface area contributed by atoms with Gasteiger partial charge in [0.05, 0.1) is 6.10 Å². The van der Waals surface area contributed by atoms with Crippen LogP contribution in [0.3, 0.4) is 0 Å². The summed E-state index contributed by atoms with van der Waals surface area (Å²) in [5, 5.41) is 22.6. The minimum atomic E-state index is -0.931. The highest BCUT2D eigenvalue weighted by molar-refractivity contribution is 5.83. The van der Waals surface area contributed by atoms with Crippen LogP contribution in [0.5, 0.6) is 0 Å². The lowest BCUT2D eigenvalue weighted by Crippen LogP contribution is -2.54. The van der Waals surface area contributed by atoms with Crippen LogP contribution in [-0.4, -0.2) is 34.2 Å². The Balaban J connectivity index is 1.37. The van der Waals surface area contributed by atoms with Gasteiger partial charge in [-0.25, -0.2) is 4.79 Å². The standard InChI is InChI=1S/C30H51NO4/c1-6-18(2)27(28(34)35)31-26(33)12-7-19(3)23-10-11-24-22-9-8-20-17-21(32)13-15-29(20,4)25(22)14-16-30(23,24)5/h18-25,27,32H,6-17H2,1-5H3,(H,31,33)(H,34,35)/t18-,19+,20+,21+,22-,23+,24-,25-,27-,29-,30+/m0/s1. The van der Waals surface area contributed by atoms with Crippen LogP contribution in [0, 0.1) is 52.3 Å². The van der Waals surface area contributed by atoms with Gasteiger partial charge in [0, 0.05) is 6.42 Å². The topological polar surface area (TPSA) is 86.6 Å². The Kier molecular flexibility index (Phi) is 7.96. The van der Waals surface area contributed by atoms with E-state index in [9.17, 15) is 19.8 Å². The summed E-state index contributed by atoms with van der Waals surface area (Å²) < 4.78 is 0. The lowest BCUT2D eigenvalue weighted by atomic mass is 9.44. The molecule has 0 bridgehead atoms. The monoisotopic (exact) mass is 489 g/mol. The largest absolute Gasteiger partial charge is 0.480 e. The first kappa shape index (κ1) is 26.9. The summed E-state index contributed by atoms with van der Waals surface area (Å²) in [5.41, 5.74) is 0.788. The molecule has 0 unspecified atom stereocenters. The Hall–Kier alpha value is -1.10. The summed E-state index contributed by atoms with van der Waals surface area (Å²) in [7, 11) is 0. The Bertz CT molecular complexity index is 784. The van der Waals surface area contributed by atoms with Crippen molar-refractivity contribution in [2.45, 2.75) is 124 Å². The molecule has 0 radical (unpaired) electrons. The van der Waals surface area contributed by atoms with E-state index in [1.165, 1.54) is 44.9 Å². The number of aliphatic hydroxyl groups is 1. The van der Waals surface area contributed by atoms with Crippen LogP contribution < -0.4 is 5.32 Å². The number of hydrogen-bond donors (Lipinski definition) is 3. The van der Waals surface area contributed by atoms with Gasteiger partial charge in [-0.1, -0.05) is 41.0 Å². The van der Waals surface area contributed by atoms with Crippen molar-refractivity contribution in [1.29, 1.82) is 0 Å². The van der Waals surface area contributed by atoms with Gasteiger partial charge >= 0.3 is 5.97 Å². The summed E-state index contributed by atoms with van der Waals surface area (Å²) in [5.74, 6) is 3.19. The van der Waals surface area contributed by atoms with Gasteiger partial charge in [0.25, 0.3) is 0 Å². The quantitative estimate of drug-likeness (QED) is 0.388. The van der Waals surface area contributed by atoms with Crippen LogP contribution in [0.1, 0.15) is 112 Å². The molecule has 4 aliphatic rings. The highest BCUT2D eigenvalue weighted by Gasteiger charge is 2.60. The van der Waals surface area contributed by atoms with E-state index in [1.807, 2.05) is 13.8 Å². The van der Waals surface area contributed by atoms with E-state index >= 15 is 0 Å². The number of nitrogens with one attached hydrogen (secondary N) is 1. The number of aliphatic carboxylic acids is 1. The Labute approximate surface area is 213 Å². The van der Waals surface area contributed by atoms with Crippen LogP contribution in [0.2, 0.25) is 0 Å². The fraction of sp³-hybridized carbons (Fsp3) is 0.933. The van der Waals surface area contributed by atoms with Crippen LogP contribution >= 0.6 is 0 Å². The molecule has 35 heavy (non-hydrogen) atoms. The van der Waals surface area contributed by atoms with E-state index < -0.39 is 12.0 Å². The van der Waals surface area contributed by atoms with Gasteiger partial charge in [-0.05, 0) is 116 Å². The molecule has 0 heterocycles. The second-order valence-corrected chi connectivity index (χ2v) is 13.6. The minimum absolute atomic E-state index is 0.0667. The predicted octanol–water partition coefficient (Wildman–Crippen LogP) is 6.04. The van der Waals surface area contributed by atoms with Gasteiger partial charge in [-0.2, -0.15) is 0 Å². The van der Waals surface area contributed by atoms with Crippen LogP contribution in [0.15, 0.2) is 0 Å². The molecule has 4 rings (SSSR count). The Morgan fingerprint density at radius 2 is 1.66 bits per heavy atom. The summed E-state index contributed by atoms with van der Waals surface area (Å²) in [4.78, 5) is 24.2. The average Bonchev–Trinajstić information content (AvgIpc) is 3.18. The molecule has 1 amide bonds. The van der Waals surface area contributed by atoms with Crippen molar-refractivity contribution in [3.05, 3.63) is 0 Å². The van der Waals surface area contributed by atoms with E-state index in [-0.39, 0.29) is 17.9 Å². The summed E-state index contributed by atoms with van der Waals surface area (Å²) in [6.45, 7) is 11.3. The molecule has 4 fully saturated rings. The van der Waals surface area contributed by atoms with Gasteiger partial charge in [-0.3, -0.25) is 4.79 Å². The van der Waals surface area contributed by atoms with Crippen molar-refractivity contribution in [3.8, 4) is 0 Å². The van der Waals surface area contributed by atoms with Gasteiger partial charge < -0.3 is 15.5 Å². The molecule has 0 aliphatic heterocycles. The number of hydrogen-bond acceptors (Lipinski definition) is 3. The molecule has 4 aliphatic carbocycles. The van der Waals surface area contributed by atoms with Crippen molar-refractivity contribution in [3.63, 3.8) is 0 Å². The first-order valence-electron chi connectivity index (χ1n) is 14.7. The molecule has 5 heteroatoms. The van der Waals surface area contributed by atoms with Gasteiger partial charge in [0.1, 0.15) is 6.04 Å². The summed E-state index contributed by atoms with van der Waals surface area (Å²) in [6, 6.07) is -0.788. The van der Waals surface area contributed by atoms with Crippen molar-refractivity contribution in [2.24, 2.45) is 52.3 Å². The highest BCUT2D eigenvalue weighted by Crippen LogP contribution is 2.68. The molecule has 0 aromatic carbocycles. The molecule has 0 saturated heterocycles. The maximum Gasteiger partial charge on any atom is 0.326 e. The van der Waals surface area contributed by atoms with Crippen molar-refractivity contribution in [1.82, 2.24) is 5.32 Å². The third kappa shape index (κ3) is 4.92. The van der Waals surface area contributed by atoms with E-state index in [0.717, 1.165) is 43.4 Å². The van der Waals surface area contributed by atoms with E-state index in [0.29, 0.717) is 35.0 Å². The first-order chi connectivity index (χ1) is 16.5. The number of carbonyl (C=O) groups excluding carboxylic acids is 1. The SMILES string of the molecule is CC[C@H](C)[C@H](NC(=O)CC[C@@H](C)[C@H]1CC[C@H]2[C@@H]3CC[C@@H]4C[C@H](O)CC[C@]4(C)[C@H]3CC[C@]12C)C(=O)O. The zero-order chi connectivity index (χ0) is 25.5. The fourth-order valence-corrected chi connectivity index (χ4v) is 9.70. The van der Waals surface area contributed by atoms with Crippen LogP contribution in [0.25, 0.3) is 0 Å². The molecule has 0 aromatic rings. The Morgan fingerprint density at radius 1 is 0.971 bits per heavy atom. The lowest BCUT2D eigenvalue weighted by Gasteiger charge is -2.61. The third-order valence-electron chi connectivity index (χ3n) is 12.0. The smallest absolute Gasteiger partial charge is 0.326 e. The minimum Gasteiger partial charge on any atom is -0.480 e. The summed E-state index contributed by atoms with van der Waals surface area (Å²) in [6.07, 6.45) is 13.0. The predicted molar refractivity (Wildman–Crippen MR) is 139 cm³/mol. The number of carbonyl (C=O) groups is 2. The number of aliphatic hydroxyl groups excluding tert-OH is 1. The van der Waals surface area contributed by atoms with Crippen LogP contribution in [0.4, 0.5) is 0 Å². The second-order valence-electron chi connectivity index (χ2n) is 13.6. The van der Waals surface area contributed by atoms with Crippen molar-refractivity contribution >= 4 is 11.9 Å². The molecule has 0 spiro atoms. The summed E-state index contributed by atoms with van der Waals surface area (Å²) >= 11 is 0. The van der Waals surface area contributed by atoms with E-state index in [2.05, 4.69) is 26.1 Å². The Morgan fingerprint density at radius 3 is 2.34 bits per heavy atom. The molecular weight excluding hydrogens is 438 g/mol. The molecule has 0 aromatic heterocycles. The average molecular weight is 490 g/mol. The molecule has 200 valence electrons. The number of amides is 1. The maximum absolute atomic E-state index is 12.6. The number of fused-ring (bicyclic) bond motifs is 5. The van der Waals surface area contributed by atoms with Gasteiger partial charge in [0.15, 0.2) is 0 Å². The number of carboxylic acids is 1. The highest BCUT2D eigenvalue weighted by atomic mass is 16.4. The molecular formula is C30H51NO4. The van der Waals surface area contributed by atoms with Crippen molar-refractivity contribution in [2.75, 3.05) is 0 Å². The fourth-order valence-electron chi connectivity index (χ4n) is 9.70.